The van der Waals surface area contributed by atoms with Gasteiger partial charge in [-0.05, 0) is 20.6 Å². The third kappa shape index (κ3) is 2.41. The maximum absolute atomic E-state index is 2.43. The molecule has 0 aliphatic carbocycles. The molecular weight excluding hydrogens is 152 g/mol. The van der Waals surface area contributed by atoms with Crippen molar-refractivity contribution < 1.29 is 0 Å². The summed E-state index contributed by atoms with van der Waals surface area (Å²) >= 11 is 0. The zero-order valence-electron chi connectivity index (χ0n) is 6.25. The molecule has 0 atom stereocenters. The minimum absolute atomic E-state index is 0.691. The molecule has 0 unspecified atom stereocenters. The van der Waals surface area contributed by atoms with E-state index in [-0.39, 0.29) is 0 Å². The van der Waals surface area contributed by atoms with Gasteiger partial charge in [0.1, 0.15) is 0 Å². The van der Waals surface area contributed by atoms with Crippen LogP contribution in [-0.4, -0.2) is 24.1 Å². The highest BCUT2D eigenvalue weighted by Crippen LogP contribution is 1.96. The van der Waals surface area contributed by atoms with Crippen LogP contribution in [0.3, 0.4) is 0 Å². The molecule has 10 heavy (non-hydrogen) atoms. The van der Waals surface area contributed by atoms with Gasteiger partial charge in [0.15, 0.2) is 0 Å². The summed E-state index contributed by atoms with van der Waals surface area (Å²) in [6.45, 7) is 0. The van der Waals surface area contributed by atoms with Gasteiger partial charge in [0.05, 0.1) is 0 Å². The van der Waals surface area contributed by atoms with E-state index < -0.39 is 0 Å². The Morgan fingerprint density at radius 2 is 2.00 bits per heavy atom. The third-order valence-corrected chi connectivity index (χ3v) is 3.55. The molecule has 0 saturated heterocycles. The minimum Gasteiger partial charge on any atom is -0.106 e. The lowest BCUT2D eigenvalue weighted by atomic mass is 10.2. The Morgan fingerprint density at radius 3 is 2.60 bits per heavy atom. The van der Waals surface area contributed by atoms with Crippen molar-refractivity contribution in [1.29, 1.82) is 0 Å². The number of rotatable bonds is 2. The zero-order chi connectivity index (χ0) is 7.23. The molecule has 0 aromatic heterocycles. The van der Waals surface area contributed by atoms with Crippen LogP contribution in [0.4, 0.5) is 0 Å². The molecule has 1 aromatic carbocycles. The highest BCUT2D eigenvalue weighted by molar-refractivity contribution is 6.92. The maximum Gasteiger partial charge on any atom is 0.0119 e. The van der Waals surface area contributed by atoms with Crippen molar-refractivity contribution in [2.75, 3.05) is 0 Å². The third-order valence-electron chi connectivity index (χ3n) is 1.43. The van der Waals surface area contributed by atoms with E-state index in [2.05, 4.69) is 36.0 Å². The number of hydrogen-bond donors (Lipinski definition) is 0. The van der Waals surface area contributed by atoms with Gasteiger partial charge >= 0.3 is 0 Å². The van der Waals surface area contributed by atoms with Gasteiger partial charge in [0.2, 0.25) is 0 Å². The Labute approximate surface area is 66.9 Å². The standard InChI is InChI=1S/C8H12Si2/c9-10-7-6-8-4-2-1-3-5-8/h1-5,7,10H,6H2,9H3. The molecule has 1 aromatic rings. The lowest BCUT2D eigenvalue weighted by Gasteiger charge is -1.92. The van der Waals surface area contributed by atoms with E-state index in [4.69, 9.17) is 0 Å². The van der Waals surface area contributed by atoms with Crippen molar-refractivity contribution in [2.24, 2.45) is 0 Å². The molecule has 0 heterocycles. The van der Waals surface area contributed by atoms with Crippen LogP contribution < -0.4 is 0 Å². The molecule has 0 saturated carbocycles. The van der Waals surface area contributed by atoms with Crippen molar-refractivity contribution in [3.05, 3.63) is 35.9 Å². The second-order valence-corrected chi connectivity index (χ2v) is 5.40. The second-order valence-electron chi connectivity index (χ2n) is 2.26. The van der Waals surface area contributed by atoms with Crippen LogP contribution in [0.15, 0.2) is 30.3 Å². The van der Waals surface area contributed by atoms with Crippen molar-refractivity contribution in [3.8, 4) is 0 Å². The Kier molecular flexibility index (Phi) is 3.32. The molecule has 2 heteroatoms. The van der Waals surface area contributed by atoms with E-state index in [0.717, 1.165) is 0 Å². The smallest absolute Gasteiger partial charge is 0.0119 e. The first-order chi connectivity index (χ1) is 4.93. The van der Waals surface area contributed by atoms with Crippen LogP contribution >= 0.6 is 0 Å². The number of benzene rings is 1. The van der Waals surface area contributed by atoms with Gasteiger partial charge in [-0.15, -0.1) is 5.67 Å². The Morgan fingerprint density at radius 1 is 1.30 bits per heavy atom. The lowest BCUT2D eigenvalue weighted by Crippen LogP contribution is -1.89. The van der Waals surface area contributed by atoms with Gasteiger partial charge in [-0.3, -0.25) is 0 Å². The van der Waals surface area contributed by atoms with Crippen LogP contribution in [0.2, 0.25) is 0 Å². The van der Waals surface area contributed by atoms with E-state index in [1.165, 1.54) is 21.7 Å². The topological polar surface area (TPSA) is 0 Å². The summed E-state index contributed by atoms with van der Waals surface area (Å²) in [6, 6.07) is 10.6. The lowest BCUT2D eigenvalue weighted by molar-refractivity contribution is 1.38. The zero-order valence-corrected chi connectivity index (χ0v) is 9.40. The normalized spacial score (nSPS) is 10.8. The van der Waals surface area contributed by atoms with Crippen LogP contribution in [0, 0.1) is 0 Å². The van der Waals surface area contributed by atoms with Gasteiger partial charge < -0.3 is 0 Å². The first-order valence-electron chi connectivity index (χ1n) is 3.58. The Bertz CT molecular complexity index is 204. The van der Waals surface area contributed by atoms with Crippen molar-refractivity contribution in [3.63, 3.8) is 0 Å². The van der Waals surface area contributed by atoms with Gasteiger partial charge in [0, 0.05) is 9.76 Å². The van der Waals surface area contributed by atoms with E-state index in [1.54, 1.807) is 0 Å². The van der Waals surface area contributed by atoms with E-state index in [0.29, 0.717) is 8.65 Å². The van der Waals surface area contributed by atoms with Crippen LogP contribution in [-0.2, 0) is 6.42 Å². The fourth-order valence-electron chi connectivity index (χ4n) is 0.868. The van der Waals surface area contributed by atoms with E-state index in [1.807, 2.05) is 0 Å². The van der Waals surface area contributed by atoms with Gasteiger partial charge in [0.25, 0.3) is 0 Å². The molecule has 0 amide bonds. The monoisotopic (exact) mass is 164 g/mol. The largest absolute Gasteiger partial charge is 0.106 e. The Hall–Kier alpha value is -0.476. The highest BCUT2D eigenvalue weighted by Gasteiger charge is 1.82. The molecule has 0 radical (unpaired) electrons. The fourth-order valence-corrected chi connectivity index (χ4v) is 2.08. The quantitative estimate of drug-likeness (QED) is 0.529. The molecule has 0 nitrogen and oxygen atoms in total. The molecule has 0 aliphatic rings. The Balaban J connectivity index is 2.59. The first kappa shape index (κ1) is 7.63. The van der Waals surface area contributed by atoms with E-state index in [9.17, 15) is 0 Å². The SMILES string of the molecule is [SiH3][SiH]=CCc1ccccc1. The fraction of sp³-hybridized carbons (Fsp3) is 0.125. The summed E-state index contributed by atoms with van der Waals surface area (Å²) in [5, 5.41) is 0. The molecule has 0 spiro atoms. The van der Waals surface area contributed by atoms with Gasteiger partial charge in [-0.25, -0.2) is 0 Å². The first-order valence-corrected chi connectivity index (χ1v) is 8.87. The maximum atomic E-state index is 2.43. The molecule has 1 rings (SSSR count). The summed E-state index contributed by atoms with van der Waals surface area (Å²) in [6.07, 6.45) is 1.18. The molecule has 0 aliphatic heterocycles. The molecule has 0 N–H and O–H groups in total. The molecular formula is C8H12Si2. The summed E-state index contributed by atoms with van der Waals surface area (Å²) in [4.78, 5) is 0. The molecule has 0 bridgehead atoms. The van der Waals surface area contributed by atoms with E-state index >= 15 is 0 Å². The summed E-state index contributed by atoms with van der Waals surface area (Å²) in [5.74, 6) is 0. The van der Waals surface area contributed by atoms with Crippen LogP contribution in [0.1, 0.15) is 5.56 Å². The second kappa shape index (κ2) is 4.36. The predicted octanol–water partition coefficient (Wildman–Crippen LogP) is -0.252. The highest BCUT2D eigenvalue weighted by atomic mass is 29.1. The van der Waals surface area contributed by atoms with Crippen LogP contribution in [0.5, 0.6) is 0 Å². The van der Waals surface area contributed by atoms with Gasteiger partial charge in [-0.2, -0.15) is 0 Å². The number of hydrogen-bond acceptors (Lipinski definition) is 0. The van der Waals surface area contributed by atoms with Crippen molar-refractivity contribution in [1.82, 2.24) is 0 Å². The van der Waals surface area contributed by atoms with Crippen LogP contribution in [0.25, 0.3) is 0 Å². The average Bonchev–Trinajstić information content (AvgIpc) is 2.03. The van der Waals surface area contributed by atoms with Gasteiger partial charge in [-0.1, -0.05) is 30.3 Å². The summed E-state index contributed by atoms with van der Waals surface area (Å²) in [7, 11) is 2.07. The summed E-state index contributed by atoms with van der Waals surface area (Å²) < 4.78 is 0. The van der Waals surface area contributed by atoms with Crippen molar-refractivity contribution in [2.45, 2.75) is 6.42 Å². The summed E-state index contributed by atoms with van der Waals surface area (Å²) in [5.41, 5.74) is 3.88. The average molecular weight is 164 g/mol. The molecule has 0 fully saturated rings. The molecule has 52 valence electrons. The minimum atomic E-state index is 0.691. The van der Waals surface area contributed by atoms with Crippen molar-refractivity contribution >= 4 is 24.1 Å². The predicted molar refractivity (Wildman–Crippen MR) is 53.3 cm³/mol.